The van der Waals surface area contributed by atoms with Gasteiger partial charge in [0.25, 0.3) is 0 Å². The molecule has 0 unspecified atom stereocenters. The number of benzene rings is 1. The van der Waals surface area contributed by atoms with Gasteiger partial charge in [0.2, 0.25) is 0 Å². The zero-order valence-electron chi connectivity index (χ0n) is 12.3. The first-order chi connectivity index (χ1) is 9.83. The molecule has 0 amide bonds. The number of anilines is 1. The Morgan fingerprint density at radius 1 is 1.29 bits per heavy atom. The van der Waals surface area contributed by atoms with Gasteiger partial charge in [0.05, 0.1) is 19.8 Å². The Morgan fingerprint density at radius 2 is 2.05 bits per heavy atom. The van der Waals surface area contributed by atoms with E-state index in [9.17, 15) is 0 Å². The second-order valence-corrected chi connectivity index (χ2v) is 4.33. The van der Waals surface area contributed by atoms with Crippen LogP contribution in [-0.4, -0.2) is 46.5 Å². The summed E-state index contributed by atoms with van der Waals surface area (Å²) in [5.74, 6) is 2.24. The highest BCUT2D eigenvalue weighted by atomic mass is 127. The number of aliphatic imine (C=N–C) groups is 1. The molecule has 2 N–H and O–H groups in total. The van der Waals surface area contributed by atoms with Crippen molar-refractivity contribution in [1.29, 1.82) is 0 Å². The number of methoxy groups -OCH3 is 1. The van der Waals surface area contributed by atoms with Gasteiger partial charge in [0.15, 0.2) is 17.5 Å². The monoisotopic (exact) mass is 407 g/mol. The minimum absolute atomic E-state index is 0. The van der Waals surface area contributed by atoms with Crippen LogP contribution in [0.2, 0.25) is 0 Å². The van der Waals surface area contributed by atoms with Crippen molar-refractivity contribution in [3.05, 3.63) is 18.2 Å². The summed E-state index contributed by atoms with van der Waals surface area (Å²) < 4.78 is 16.3. The highest BCUT2D eigenvalue weighted by molar-refractivity contribution is 14.0. The van der Waals surface area contributed by atoms with Crippen LogP contribution in [0.4, 0.5) is 5.69 Å². The van der Waals surface area contributed by atoms with Crippen LogP contribution >= 0.6 is 24.0 Å². The van der Waals surface area contributed by atoms with Crippen LogP contribution in [0.25, 0.3) is 0 Å². The molecule has 0 aromatic heterocycles. The quantitative estimate of drug-likeness (QED) is 0.347. The van der Waals surface area contributed by atoms with Crippen molar-refractivity contribution < 1.29 is 14.2 Å². The van der Waals surface area contributed by atoms with Gasteiger partial charge in [-0.15, -0.1) is 24.0 Å². The van der Waals surface area contributed by atoms with Gasteiger partial charge < -0.3 is 24.8 Å². The first kappa shape index (κ1) is 17.8. The molecule has 2 rings (SSSR count). The second kappa shape index (κ2) is 9.67. The molecule has 0 fully saturated rings. The topological polar surface area (TPSA) is 64.1 Å². The van der Waals surface area contributed by atoms with Crippen molar-refractivity contribution in [2.45, 2.75) is 6.42 Å². The van der Waals surface area contributed by atoms with Gasteiger partial charge in [-0.05, 0) is 12.1 Å². The normalized spacial score (nSPS) is 13.9. The van der Waals surface area contributed by atoms with E-state index in [0.29, 0.717) is 32.3 Å². The van der Waals surface area contributed by atoms with E-state index in [4.69, 9.17) is 14.2 Å². The van der Waals surface area contributed by atoms with Crippen molar-refractivity contribution in [3.63, 3.8) is 0 Å². The average Bonchev–Trinajstić information content (AvgIpc) is 2.71. The van der Waals surface area contributed by atoms with E-state index in [0.717, 1.165) is 23.6 Å². The predicted octanol–water partition coefficient (Wildman–Crippen LogP) is 2.10. The van der Waals surface area contributed by atoms with Crippen molar-refractivity contribution in [2.24, 2.45) is 4.99 Å². The molecule has 118 valence electrons. The molecule has 1 aromatic rings. The Bertz CT molecular complexity index is 469. The molecule has 1 heterocycles. The second-order valence-electron chi connectivity index (χ2n) is 4.33. The van der Waals surface area contributed by atoms with E-state index in [2.05, 4.69) is 15.6 Å². The summed E-state index contributed by atoms with van der Waals surface area (Å²) in [7, 11) is 3.40. The first-order valence-corrected chi connectivity index (χ1v) is 6.69. The van der Waals surface area contributed by atoms with Crippen molar-refractivity contribution >= 4 is 35.6 Å². The fourth-order valence-corrected chi connectivity index (χ4v) is 1.83. The summed E-state index contributed by atoms with van der Waals surface area (Å²) in [6.45, 7) is 2.69. The van der Waals surface area contributed by atoms with E-state index in [1.165, 1.54) is 0 Å². The van der Waals surface area contributed by atoms with Crippen LogP contribution < -0.4 is 20.1 Å². The summed E-state index contributed by atoms with van der Waals surface area (Å²) in [4.78, 5) is 4.15. The SMILES string of the molecule is CN=C(NCCOC)Nc1ccc2c(c1)OCCCO2.I. The zero-order chi connectivity index (χ0) is 14.2. The van der Waals surface area contributed by atoms with Gasteiger partial charge in [0.1, 0.15) is 0 Å². The van der Waals surface area contributed by atoms with Crippen LogP contribution in [0, 0.1) is 0 Å². The van der Waals surface area contributed by atoms with E-state index in [1.54, 1.807) is 14.2 Å². The van der Waals surface area contributed by atoms with Crippen LogP contribution in [0.5, 0.6) is 11.5 Å². The Morgan fingerprint density at radius 3 is 2.76 bits per heavy atom. The third-order valence-electron chi connectivity index (χ3n) is 2.83. The van der Waals surface area contributed by atoms with Gasteiger partial charge in [-0.1, -0.05) is 0 Å². The maximum absolute atomic E-state index is 5.66. The highest BCUT2D eigenvalue weighted by Gasteiger charge is 2.11. The summed E-state index contributed by atoms with van der Waals surface area (Å²) in [6, 6.07) is 5.77. The van der Waals surface area contributed by atoms with Gasteiger partial charge >= 0.3 is 0 Å². The van der Waals surface area contributed by atoms with E-state index < -0.39 is 0 Å². The smallest absolute Gasteiger partial charge is 0.195 e. The largest absolute Gasteiger partial charge is 0.490 e. The molecular weight excluding hydrogens is 385 g/mol. The third kappa shape index (κ3) is 5.58. The van der Waals surface area contributed by atoms with E-state index in [1.807, 2.05) is 18.2 Å². The summed E-state index contributed by atoms with van der Waals surface area (Å²) in [5.41, 5.74) is 0.903. The van der Waals surface area contributed by atoms with Gasteiger partial charge in [0, 0.05) is 38.9 Å². The molecule has 0 radical (unpaired) electrons. The molecule has 0 spiro atoms. The van der Waals surface area contributed by atoms with Crippen molar-refractivity contribution in [3.8, 4) is 11.5 Å². The lowest BCUT2D eigenvalue weighted by molar-refractivity contribution is 0.204. The van der Waals surface area contributed by atoms with Crippen molar-refractivity contribution in [1.82, 2.24) is 5.32 Å². The Balaban J connectivity index is 0.00000220. The lowest BCUT2D eigenvalue weighted by atomic mass is 10.3. The number of hydrogen-bond donors (Lipinski definition) is 2. The molecule has 0 saturated carbocycles. The van der Waals surface area contributed by atoms with Crippen LogP contribution in [-0.2, 0) is 4.74 Å². The summed E-state index contributed by atoms with van der Waals surface area (Å²) in [5, 5.41) is 6.36. The van der Waals surface area contributed by atoms with Gasteiger partial charge in [-0.3, -0.25) is 4.99 Å². The molecule has 0 aliphatic carbocycles. The molecule has 7 heteroatoms. The average molecular weight is 407 g/mol. The molecular formula is C14H22IN3O3. The van der Waals surface area contributed by atoms with E-state index >= 15 is 0 Å². The molecule has 1 aliphatic heterocycles. The number of guanidine groups is 1. The molecule has 1 aromatic carbocycles. The first-order valence-electron chi connectivity index (χ1n) is 6.69. The van der Waals surface area contributed by atoms with Gasteiger partial charge in [-0.2, -0.15) is 0 Å². The van der Waals surface area contributed by atoms with Crippen molar-refractivity contribution in [2.75, 3.05) is 45.8 Å². The van der Waals surface area contributed by atoms with Crippen LogP contribution in [0.15, 0.2) is 23.2 Å². The molecule has 0 bridgehead atoms. The Labute approximate surface area is 142 Å². The minimum Gasteiger partial charge on any atom is -0.490 e. The molecule has 1 aliphatic rings. The van der Waals surface area contributed by atoms with Gasteiger partial charge in [-0.25, -0.2) is 0 Å². The summed E-state index contributed by atoms with van der Waals surface area (Å²) in [6.07, 6.45) is 0.900. The number of fused-ring (bicyclic) bond motifs is 1. The highest BCUT2D eigenvalue weighted by Crippen LogP contribution is 2.32. The number of nitrogens with one attached hydrogen (secondary N) is 2. The standard InChI is InChI=1S/C14H21N3O3.HI/c1-15-14(16-6-9-18-2)17-11-4-5-12-13(10-11)20-8-3-7-19-12;/h4-5,10H,3,6-9H2,1-2H3,(H2,15,16,17);1H. The molecule has 21 heavy (non-hydrogen) atoms. The predicted molar refractivity (Wildman–Crippen MR) is 94.3 cm³/mol. The van der Waals surface area contributed by atoms with E-state index in [-0.39, 0.29) is 24.0 Å². The Kier molecular flexibility index (Phi) is 8.21. The zero-order valence-corrected chi connectivity index (χ0v) is 14.7. The number of halogens is 1. The number of rotatable bonds is 4. The molecule has 0 atom stereocenters. The van der Waals surface area contributed by atoms with Crippen LogP contribution in [0.3, 0.4) is 0 Å². The number of ether oxygens (including phenoxy) is 3. The molecule has 6 nitrogen and oxygen atoms in total. The summed E-state index contributed by atoms with van der Waals surface area (Å²) >= 11 is 0. The third-order valence-corrected chi connectivity index (χ3v) is 2.83. The number of hydrogen-bond acceptors (Lipinski definition) is 4. The Hall–Kier alpha value is -1.22. The fraction of sp³-hybridized carbons (Fsp3) is 0.500. The minimum atomic E-state index is 0. The lowest BCUT2D eigenvalue weighted by Crippen LogP contribution is -2.33. The number of nitrogens with zero attached hydrogens (tertiary/aromatic N) is 1. The molecule has 0 saturated heterocycles. The van der Waals surface area contributed by atoms with Crippen LogP contribution in [0.1, 0.15) is 6.42 Å². The maximum Gasteiger partial charge on any atom is 0.195 e. The maximum atomic E-state index is 5.66. The fourth-order valence-electron chi connectivity index (χ4n) is 1.83. The lowest BCUT2D eigenvalue weighted by Gasteiger charge is -2.13.